The minimum atomic E-state index is -0.972. The van der Waals surface area contributed by atoms with Crippen LogP contribution < -0.4 is 10.1 Å². The van der Waals surface area contributed by atoms with Gasteiger partial charge in [0.2, 0.25) is 11.8 Å². The molecule has 4 amide bonds. The summed E-state index contributed by atoms with van der Waals surface area (Å²) in [5, 5.41) is 30.0. The number of carbonyl (C=O) groups is 4. The Balaban J connectivity index is 1.26. The zero-order chi connectivity index (χ0) is 37.8. The van der Waals surface area contributed by atoms with Gasteiger partial charge in [-0.1, -0.05) is 66.7 Å². The van der Waals surface area contributed by atoms with Crippen LogP contribution in [0, 0.1) is 28.6 Å². The Labute approximate surface area is 312 Å². The van der Waals surface area contributed by atoms with Crippen molar-refractivity contribution in [2.75, 3.05) is 26.2 Å². The summed E-state index contributed by atoms with van der Waals surface area (Å²) in [6.07, 6.45) is 2.50. The van der Waals surface area contributed by atoms with E-state index in [2.05, 4.69) is 18.0 Å². The van der Waals surface area contributed by atoms with E-state index in [1.807, 2.05) is 54.6 Å². The Kier molecular flexibility index (Phi) is 10.4. The van der Waals surface area contributed by atoms with E-state index in [0.717, 1.165) is 24.0 Å². The highest BCUT2D eigenvalue weighted by Crippen LogP contribution is 2.36. The fourth-order valence-electron chi connectivity index (χ4n) is 7.28. The van der Waals surface area contributed by atoms with Crippen LogP contribution in [0.2, 0.25) is 0 Å². The summed E-state index contributed by atoms with van der Waals surface area (Å²) in [7, 11) is 0. The number of fused-ring (bicyclic) bond motifs is 2. The van der Waals surface area contributed by atoms with Crippen LogP contribution in [0.1, 0.15) is 40.0 Å². The van der Waals surface area contributed by atoms with Gasteiger partial charge >= 0.3 is 6.03 Å². The first kappa shape index (κ1) is 35.9. The molecule has 0 spiro atoms. The summed E-state index contributed by atoms with van der Waals surface area (Å²) >= 11 is 0. The van der Waals surface area contributed by atoms with Crippen molar-refractivity contribution in [3.8, 4) is 17.9 Å². The third-order valence-electron chi connectivity index (χ3n) is 9.94. The number of nitrogens with zero attached hydrogens (tertiary/aromatic N) is 8. The molecule has 1 saturated carbocycles. The van der Waals surface area contributed by atoms with E-state index >= 15 is 0 Å². The number of nitriles is 2. The molecule has 2 aliphatic heterocycles. The number of benzene rings is 3. The molecule has 3 heterocycles. The molecule has 0 unspecified atom stereocenters. The fraction of sp³-hybridized carbons (Fsp3) is 0.325. The minimum Gasteiger partial charge on any atom is -0.479 e. The van der Waals surface area contributed by atoms with Gasteiger partial charge in [-0.15, -0.1) is 6.58 Å². The Hall–Kier alpha value is -6.51. The van der Waals surface area contributed by atoms with Crippen molar-refractivity contribution in [3.05, 3.63) is 108 Å². The average Bonchev–Trinajstić information content (AvgIpc) is 3.97. The van der Waals surface area contributed by atoms with Gasteiger partial charge in [-0.25, -0.2) is 19.5 Å². The lowest BCUT2D eigenvalue weighted by atomic mass is 9.98. The fourth-order valence-corrected chi connectivity index (χ4v) is 7.28. The maximum absolute atomic E-state index is 14.7. The van der Waals surface area contributed by atoms with Gasteiger partial charge in [-0.05, 0) is 41.7 Å². The molecule has 14 nitrogen and oxygen atoms in total. The number of hydrazine groups is 1. The molecule has 1 aromatic heterocycles. The topological polar surface area (TPSA) is 168 Å². The van der Waals surface area contributed by atoms with Crippen molar-refractivity contribution < 1.29 is 23.9 Å². The quantitative estimate of drug-likeness (QED) is 0.159. The number of aromatic nitrogens is 2. The number of amides is 4. The van der Waals surface area contributed by atoms with E-state index in [-0.39, 0.29) is 75.8 Å². The van der Waals surface area contributed by atoms with Gasteiger partial charge < -0.3 is 19.9 Å². The molecular weight excluding hydrogens is 686 g/mol. The van der Waals surface area contributed by atoms with Crippen LogP contribution in [-0.2, 0) is 35.6 Å². The molecular formula is C40H39N9O5. The third kappa shape index (κ3) is 7.24. The number of ether oxygens (including phenoxy) is 1. The van der Waals surface area contributed by atoms with Gasteiger partial charge in [0.05, 0.1) is 24.7 Å². The van der Waals surface area contributed by atoms with E-state index in [9.17, 15) is 24.4 Å². The van der Waals surface area contributed by atoms with E-state index in [0.29, 0.717) is 27.9 Å². The average molecular weight is 726 g/mol. The van der Waals surface area contributed by atoms with E-state index < -0.39 is 18.2 Å². The molecule has 0 radical (unpaired) electrons. The molecule has 7 rings (SSSR count). The second-order valence-corrected chi connectivity index (χ2v) is 13.6. The largest absolute Gasteiger partial charge is 0.479 e. The number of rotatable bonds is 13. The lowest BCUT2D eigenvalue weighted by Crippen LogP contribution is -2.76. The van der Waals surface area contributed by atoms with Crippen molar-refractivity contribution in [3.63, 3.8) is 0 Å². The number of Topliss-reactive ketones (excluding diaryl/α,β-unsaturated/α-hetero) is 1. The molecule has 3 fully saturated rings. The molecule has 14 heteroatoms. The number of urea groups is 1. The molecule has 274 valence electrons. The Morgan fingerprint density at radius 3 is 2.46 bits per heavy atom. The summed E-state index contributed by atoms with van der Waals surface area (Å²) in [4.78, 5) is 59.4. The van der Waals surface area contributed by atoms with E-state index in [1.165, 1.54) is 14.6 Å². The predicted octanol–water partition coefficient (Wildman–Crippen LogP) is 3.79. The minimum absolute atomic E-state index is 0.00242. The molecule has 3 aliphatic rings. The second-order valence-electron chi connectivity index (χ2n) is 13.6. The van der Waals surface area contributed by atoms with Gasteiger partial charge in [0.25, 0.3) is 0 Å². The van der Waals surface area contributed by atoms with Gasteiger partial charge in [0.1, 0.15) is 36.3 Å². The van der Waals surface area contributed by atoms with Crippen molar-refractivity contribution in [2.45, 2.75) is 51.1 Å². The van der Waals surface area contributed by atoms with Crippen LogP contribution in [0.4, 0.5) is 4.79 Å². The molecule has 2 atom stereocenters. The van der Waals surface area contributed by atoms with E-state index in [1.54, 1.807) is 40.3 Å². The van der Waals surface area contributed by atoms with Crippen LogP contribution in [0.25, 0.3) is 10.9 Å². The SMILES string of the molecule is C=CCN1CC(=O)N2[C@@H](Cc3ccc(OCC#N)cc3)C(=O)N(Cc3cccc4c(C(=O)C5CC5)n(CC#N)nc34)C[C@@H]2N1C(=O)NCc1ccccc1. The third-order valence-corrected chi connectivity index (χ3v) is 9.94. The lowest BCUT2D eigenvalue weighted by molar-refractivity contribution is -0.189. The number of piperazine rings is 1. The van der Waals surface area contributed by atoms with Gasteiger partial charge in [0, 0.05) is 37.4 Å². The zero-order valence-corrected chi connectivity index (χ0v) is 29.6. The Bertz CT molecular complexity index is 2170. The van der Waals surface area contributed by atoms with Crippen LogP contribution in [-0.4, -0.2) is 91.7 Å². The van der Waals surface area contributed by atoms with Gasteiger partial charge in [-0.3, -0.25) is 14.4 Å². The number of nitrogens with one attached hydrogen (secondary N) is 1. The van der Waals surface area contributed by atoms with Crippen molar-refractivity contribution in [1.82, 2.24) is 34.9 Å². The van der Waals surface area contributed by atoms with Gasteiger partial charge in [-0.2, -0.15) is 15.6 Å². The first-order chi connectivity index (χ1) is 26.3. The molecule has 1 aliphatic carbocycles. The summed E-state index contributed by atoms with van der Waals surface area (Å²) in [5.41, 5.74) is 3.22. The molecule has 54 heavy (non-hydrogen) atoms. The standard InChI is InChI=1S/C40H39N9O5/c1-2-19-46-26-35(50)48-33(22-27-11-15-31(16-12-27)54-21-18-42)39(52)45(25-34(48)49(46)40(53)43-23-28-7-4-3-5-8-28)24-30-9-6-10-32-36(30)44-47(20-17-41)37(32)38(51)29-13-14-29/h2-12,15-16,29,33-34H,1,13-14,19-26H2,(H,43,53)/t33-,34-/m0/s1. The second kappa shape index (κ2) is 15.6. The number of carbonyl (C=O) groups excluding carboxylic acids is 4. The molecule has 1 N–H and O–H groups in total. The first-order valence-electron chi connectivity index (χ1n) is 17.9. The smallest absolute Gasteiger partial charge is 0.334 e. The number of hydrogen-bond acceptors (Lipinski definition) is 9. The van der Waals surface area contributed by atoms with Crippen LogP contribution in [0.3, 0.4) is 0 Å². The molecule has 3 aromatic carbocycles. The van der Waals surface area contributed by atoms with Crippen molar-refractivity contribution in [2.24, 2.45) is 5.92 Å². The normalized spacial score (nSPS) is 18.5. The van der Waals surface area contributed by atoms with Crippen molar-refractivity contribution in [1.29, 1.82) is 10.5 Å². The Morgan fingerprint density at radius 1 is 0.981 bits per heavy atom. The number of hydrogen-bond donors (Lipinski definition) is 1. The van der Waals surface area contributed by atoms with Gasteiger partial charge in [0.15, 0.2) is 12.4 Å². The highest BCUT2D eigenvalue weighted by atomic mass is 16.5. The number of ketones is 1. The zero-order valence-electron chi connectivity index (χ0n) is 29.6. The van der Waals surface area contributed by atoms with Crippen molar-refractivity contribution >= 4 is 34.5 Å². The Morgan fingerprint density at radius 2 is 1.76 bits per heavy atom. The molecule has 0 bridgehead atoms. The predicted molar refractivity (Wildman–Crippen MR) is 196 cm³/mol. The maximum Gasteiger partial charge on any atom is 0.334 e. The summed E-state index contributed by atoms with van der Waals surface area (Å²) in [6.45, 7) is 4.05. The highest BCUT2D eigenvalue weighted by Gasteiger charge is 2.51. The lowest BCUT2D eigenvalue weighted by Gasteiger charge is -2.55. The van der Waals surface area contributed by atoms with Crippen LogP contribution in [0.15, 0.2) is 85.5 Å². The summed E-state index contributed by atoms with van der Waals surface area (Å²) in [5.74, 6) is -0.252. The van der Waals surface area contributed by atoms with Crippen LogP contribution >= 0.6 is 0 Å². The highest BCUT2D eigenvalue weighted by molar-refractivity contribution is 6.08. The van der Waals surface area contributed by atoms with Crippen LogP contribution in [0.5, 0.6) is 5.75 Å². The van der Waals surface area contributed by atoms with E-state index in [4.69, 9.17) is 15.1 Å². The monoisotopic (exact) mass is 725 g/mol. The summed E-state index contributed by atoms with van der Waals surface area (Å²) < 4.78 is 6.87. The first-order valence-corrected chi connectivity index (χ1v) is 17.9. The maximum atomic E-state index is 14.7. The molecule has 4 aromatic rings. The molecule has 2 saturated heterocycles. The summed E-state index contributed by atoms with van der Waals surface area (Å²) in [6, 6.07) is 24.6.